The topological polar surface area (TPSA) is 72.5 Å². The number of benzene rings is 2. The van der Waals surface area contributed by atoms with Crippen LogP contribution < -0.4 is 4.72 Å². The van der Waals surface area contributed by atoms with E-state index in [-0.39, 0.29) is 4.90 Å². The van der Waals surface area contributed by atoms with Crippen molar-refractivity contribution in [1.82, 2.24) is 4.72 Å². The van der Waals surface area contributed by atoms with E-state index in [1.54, 1.807) is 42.5 Å². The Labute approximate surface area is 142 Å². The zero-order valence-electron chi connectivity index (χ0n) is 13.9. The maximum atomic E-state index is 12.4. The first kappa shape index (κ1) is 18.2. The highest BCUT2D eigenvalue weighted by Gasteiger charge is 2.25. The molecular weight excluding hydrogens is 326 g/mol. The van der Waals surface area contributed by atoms with Gasteiger partial charge in [-0.15, -0.1) is 0 Å². The second kappa shape index (κ2) is 7.59. The van der Waals surface area contributed by atoms with Crippen molar-refractivity contribution in [3.63, 3.8) is 0 Å². The Hall–Kier alpha value is -2.18. The third-order valence-electron chi connectivity index (χ3n) is 3.67. The number of hydrogen-bond donors (Lipinski definition) is 1. The van der Waals surface area contributed by atoms with E-state index in [0.717, 1.165) is 5.56 Å². The maximum absolute atomic E-state index is 12.4. The molecule has 2 aromatic carbocycles. The molecule has 1 atom stereocenters. The minimum Gasteiger partial charge on any atom is -0.367 e. The van der Waals surface area contributed by atoms with Crippen LogP contribution >= 0.6 is 0 Å². The van der Waals surface area contributed by atoms with Crippen molar-refractivity contribution in [3.05, 3.63) is 65.7 Å². The molecule has 0 aliphatic heterocycles. The number of nitrogens with one attached hydrogen (secondary N) is 1. The molecule has 0 heterocycles. The molecule has 0 saturated heterocycles. The van der Waals surface area contributed by atoms with Crippen LogP contribution in [-0.4, -0.2) is 21.4 Å². The molecule has 24 heavy (non-hydrogen) atoms. The summed E-state index contributed by atoms with van der Waals surface area (Å²) in [7, 11) is -2.58. The first-order chi connectivity index (χ1) is 11.3. The first-order valence-electron chi connectivity index (χ1n) is 7.59. The van der Waals surface area contributed by atoms with Crippen LogP contribution in [0.5, 0.6) is 0 Å². The number of ether oxygens (including phenoxy) is 1. The summed E-state index contributed by atoms with van der Waals surface area (Å²) < 4.78 is 32.0. The molecule has 1 unspecified atom stereocenters. The zero-order chi connectivity index (χ0) is 17.7. The molecule has 0 aliphatic rings. The molecule has 0 bridgehead atoms. The number of hydrogen-bond acceptors (Lipinski definition) is 4. The highest BCUT2D eigenvalue weighted by atomic mass is 32.2. The summed E-state index contributed by atoms with van der Waals surface area (Å²) in [6, 6.07) is 15.2. The van der Waals surface area contributed by atoms with Crippen molar-refractivity contribution < 1.29 is 17.9 Å². The summed E-state index contributed by atoms with van der Waals surface area (Å²) in [5, 5.41) is 0. The lowest BCUT2D eigenvalue weighted by atomic mass is 10.0. The number of amides is 1. The van der Waals surface area contributed by atoms with Gasteiger partial charge in [0.2, 0.25) is 0 Å². The minimum absolute atomic E-state index is 0.0446. The quantitative estimate of drug-likeness (QED) is 0.872. The predicted octanol–water partition coefficient (Wildman–Crippen LogP) is 3.00. The van der Waals surface area contributed by atoms with Gasteiger partial charge in [-0.05, 0) is 29.2 Å². The summed E-state index contributed by atoms with van der Waals surface area (Å²) in [6.07, 6.45) is -0.990. The van der Waals surface area contributed by atoms with Gasteiger partial charge in [0.25, 0.3) is 15.9 Å². The largest absolute Gasteiger partial charge is 0.367 e. The van der Waals surface area contributed by atoms with Gasteiger partial charge in [-0.1, -0.05) is 56.3 Å². The smallest absolute Gasteiger partial charge is 0.267 e. The van der Waals surface area contributed by atoms with Gasteiger partial charge >= 0.3 is 0 Å². The molecule has 128 valence electrons. The van der Waals surface area contributed by atoms with Crippen molar-refractivity contribution >= 4 is 15.9 Å². The second-order valence-electron chi connectivity index (χ2n) is 5.72. The van der Waals surface area contributed by atoms with E-state index in [4.69, 9.17) is 4.74 Å². The van der Waals surface area contributed by atoms with Gasteiger partial charge in [-0.2, -0.15) is 0 Å². The van der Waals surface area contributed by atoms with Crippen LogP contribution in [-0.2, 0) is 19.6 Å². The van der Waals surface area contributed by atoms with Crippen LogP contribution in [0.1, 0.15) is 37.0 Å². The van der Waals surface area contributed by atoms with Crippen LogP contribution in [0.25, 0.3) is 0 Å². The Balaban J connectivity index is 2.20. The van der Waals surface area contributed by atoms with Crippen molar-refractivity contribution in [1.29, 1.82) is 0 Å². The molecule has 0 spiro atoms. The summed E-state index contributed by atoms with van der Waals surface area (Å²) in [5.74, 6) is -0.427. The SMILES string of the molecule is COC(C(=O)NS(=O)(=O)c1ccc(C(C)C)cc1)c1ccccc1. The van der Waals surface area contributed by atoms with E-state index >= 15 is 0 Å². The average Bonchev–Trinajstić information content (AvgIpc) is 2.56. The van der Waals surface area contributed by atoms with Crippen LogP contribution in [0.2, 0.25) is 0 Å². The fourth-order valence-corrected chi connectivity index (χ4v) is 3.28. The highest BCUT2D eigenvalue weighted by Crippen LogP contribution is 2.20. The van der Waals surface area contributed by atoms with Crippen LogP contribution in [0.15, 0.2) is 59.5 Å². The number of sulfonamides is 1. The Kier molecular flexibility index (Phi) is 5.75. The van der Waals surface area contributed by atoms with Gasteiger partial charge in [-0.3, -0.25) is 4.79 Å². The molecule has 0 aromatic heterocycles. The van der Waals surface area contributed by atoms with E-state index in [0.29, 0.717) is 11.5 Å². The average molecular weight is 347 g/mol. The number of methoxy groups -OCH3 is 1. The van der Waals surface area contributed by atoms with Gasteiger partial charge in [0.05, 0.1) is 4.90 Å². The highest BCUT2D eigenvalue weighted by molar-refractivity contribution is 7.90. The summed E-state index contributed by atoms with van der Waals surface area (Å²) in [4.78, 5) is 12.4. The fraction of sp³-hybridized carbons (Fsp3) is 0.278. The molecule has 1 amide bonds. The molecule has 2 aromatic rings. The van der Waals surface area contributed by atoms with Gasteiger partial charge in [0.15, 0.2) is 6.10 Å². The first-order valence-corrected chi connectivity index (χ1v) is 9.08. The van der Waals surface area contributed by atoms with Gasteiger partial charge < -0.3 is 4.74 Å². The fourth-order valence-electron chi connectivity index (χ4n) is 2.30. The molecule has 0 radical (unpaired) electrons. The Bertz CT molecular complexity index is 784. The van der Waals surface area contributed by atoms with Gasteiger partial charge in [-0.25, -0.2) is 13.1 Å². The zero-order valence-corrected chi connectivity index (χ0v) is 14.7. The number of carbonyl (C=O) groups is 1. The Morgan fingerprint density at radius 2 is 1.54 bits per heavy atom. The molecular formula is C18H21NO4S. The normalized spacial score (nSPS) is 12.8. The monoisotopic (exact) mass is 347 g/mol. The molecule has 5 nitrogen and oxygen atoms in total. The van der Waals surface area contributed by atoms with Crippen molar-refractivity contribution in [2.24, 2.45) is 0 Å². The van der Waals surface area contributed by atoms with Gasteiger partial charge in [0.1, 0.15) is 0 Å². The molecule has 0 aliphatic carbocycles. The molecule has 6 heteroatoms. The Morgan fingerprint density at radius 1 is 0.958 bits per heavy atom. The van der Waals surface area contributed by atoms with E-state index in [1.807, 2.05) is 13.8 Å². The van der Waals surface area contributed by atoms with Crippen LogP contribution in [0, 0.1) is 0 Å². The van der Waals surface area contributed by atoms with E-state index in [9.17, 15) is 13.2 Å². The van der Waals surface area contributed by atoms with Gasteiger partial charge in [0, 0.05) is 7.11 Å². The summed E-state index contributed by atoms with van der Waals surface area (Å²) in [5.41, 5.74) is 1.61. The molecule has 2 rings (SSSR count). The summed E-state index contributed by atoms with van der Waals surface area (Å²) >= 11 is 0. The van der Waals surface area contributed by atoms with Crippen molar-refractivity contribution in [2.45, 2.75) is 30.8 Å². The van der Waals surface area contributed by atoms with Crippen LogP contribution in [0.3, 0.4) is 0 Å². The Morgan fingerprint density at radius 3 is 2.04 bits per heavy atom. The maximum Gasteiger partial charge on any atom is 0.267 e. The third kappa shape index (κ3) is 4.21. The molecule has 0 fully saturated rings. The third-order valence-corrected chi connectivity index (χ3v) is 5.03. The second-order valence-corrected chi connectivity index (χ2v) is 7.40. The lowest BCUT2D eigenvalue weighted by molar-refractivity contribution is -0.129. The lowest BCUT2D eigenvalue weighted by Crippen LogP contribution is -2.35. The van der Waals surface area contributed by atoms with Crippen molar-refractivity contribution in [2.75, 3.05) is 7.11 Å². The number of rotatable bonds is 6. The number of carbonyl (C=O) groups excluding carboxylic acids is 1. The van der Waals surface area contributed by atoms with Crippen LogP contribution in [0.4, 0.5) is 0 Å². The van der Waals surface area contributed by atoms with Crippen molar-refractivity contribution in [3.8, 4) is 0 Å². The van der Waals surface area contributed by atoms with E-state index < -0.39 is 22.0 Å². The standard InChI is InChI=1S/C18H21NO4S/c1-13(2)14-9-11-16(12-10-14)24(21,22)19-18(20)17(23-3)15-7-5-4-6-8-15/h4-13,17H,1-3H3,(H,19,20). The summed E-state index contributed by atoms with van der Waals surface area (Å²) in [6.45, 7) is 4.04. The lowest BCUT2D eigenvalue weighted by Gasteiger charge is -2.16. The predicted molar refractivity (Wildman–Crippen MR) is 92.1 cm³/mol. The minimum atomic E-state index is -3.94. The van der Waals surface area contributed by atoms with E-state index in [1.165, 1.54) is 19.2 Å². The van der Waals surface area contributed by atoms with E-state index in [2.05, 4.69) is 4.72 Å². The molecule has 1 N–H and O–H groups in total. The molecule has 0 saturated carbocycles.